The molecular formula is C21H20ClN3O3. The number of ether oxygens (including phenoxy) is 1. The molecule has 3 heterocycles. The Kier molecular flexibility index (Phi) is 5.32. The minimum absolute atomic E-state index is 0.375. The monoisotopic (exact) mass is 397 g/mol. The van der Waals surface area contributed by atoms with E-state index in [-0.39, 0.29) is 0 Å². The maximum Gasteiger partial charge on any atom is 0.327 e. The molecule has 0 spiro atoms. The van der Waals surface area contributed by atoms with Crippen LogP contribution in [0.3, 0.4) is 0 Å². The summed E-state index contributed by atoms with van der Waals surface area (Å²) in [6.45, 7) is 1.65. The van der Waals surface area contributed by atoms with Gasteiger partial charge in [0.05, 0.1) is 12.0 Å². The van der Waals surface area contributed by atoms with Gasteiger partial charge in [-0.1, -0.05) is 23.7 Å². The van der Waals surface area contributed by atoms with Crippen LogP contribution in [0.1, 0.15) is 17.2 Å². The summed E-state index contributed by atoms with van der Waals surface area (Å²) in [5.74, 6) is -0.863. The fourth-order valence-electron chi connectivity index (χ4n) is 3.65. The van der Waals surface area contributed by atoms with Gasteiger partial charge in [0, 0.05) is 42.6 Å². The zero-order valence-corrected chi connectivity index (χ0v) is 15.8. The van der Waals surface area contributed by atoms with Crippen LogP contribution in [-0.4, -0.2) is 46.6 Å². The fourth-order valence-corrected chi connectivity index (χ4v) is 3.77. The van der Waals surface area contributed by atoms with E-state index in [4.69, 9.17) is 16.3 Å². The number of aliphatic carboxylic acids is 1. The van der Waals surface area contributed by atoms with Gasteiger partial charge in [0.2, 0.25) is 0 Å². The van der Waals surface area contributed by atoms with Crippen molar-refractivity contribution >= 4 is 23.1 Å². The highest BCUT2D eigenvalue weighted by molar-refractivity contribution is 6.30. The molecule has 144 valence electrons. The molecule has 2 N–H and O–H groups in total. The molecule has 7 heteroatoms. The van der Waals surface area contributed by atoms with Crippen LogP contribution in [0.2, 0.25) is 5.02 Å². The molecule has 0 saturated carbocycles. The summed E-state index contributed by atoms with van der Waals surface area (Å²) >= 11 is 6.05. The molecule has 1 fully saturated rings. The molecule has 2 aromatic rings. The standard InChI is InChI=1S/C21H20ClN3O3/c22-16-3-1-15(2-4-16)20-19(25-11-10-24-13-18(25)21(26)27)17(7-12-28-20)14-5-8-23-9-6-14/h1-9,12,18,20,24H,10-11,13H2,(H,26,27). The number of nitrogens with zero attached hydrogens (tertiary/aromatic N) is 2. The first-order valence-corrected chi connectivity index (χ1v) is 9.45. The van der Waals surface area contributed by atoms with Gasteiger partial charge in [-0.2, -0.15) is 0 Å². The van der Waals surface area contributed by atoms with Gasteiger partial charge in [-0.05, 0) is 41.5 Å². The molecule has 0 radical (unpaired) electrons. The Labute approximate surface area is 168 Å². The van der Waals surface area contributed by atoms with Gasteiger partial charge in [-0.15, -0.1) is 0 Å². The maximum atomic E-state index is 11.9. The van der Waals surface area contributed by atoms with Gasteiger partial charge < -0.3 is 20.1 Å². The second-order valence-corrected chi connectivity index (χ2v) is 7.09. The molecule has 0 aliphatic carbocycles. The maximum absolute atomic E-state index is 11.9. The van der Waals surface area contributed by atoms with E-state index in [0.29, 0.717) is 24.7 Å². The second-order valence-electron chi connectivity index (χ2n) is 6.66. The second kappa shape index (κ2) is 8.04. The summed E-state index contributed by atoms with van der Waals surface area (Å²) in [6.07, 6.45) is 6.58. The number of pyridine rings is 1. The van der Waals surface area contributed by atoms with E-state index >= 15 is 0 Å². The first-order valence-electron chi connectivity index (χ1n) is 9.07. The number of carboxylic acid groups (broad SMARTS) is 1. The van der Waals surface area contributed by atoms with Crippen molar-refractivity contribution in [1.29, 1.82) is 0 Å². The first-order chi connectivity index (χ1) is 13.6. The van der Waals surface area contributed by atoms with E-state index in [1.54, 1.807) is 18.7 Å². The number of carboxylic acids is 1. The smallest absolute Gasteiger partial charge is 0.327 e. The quantitative estimate of drug-likeness (QED) is 0.825. The third-order valence-electron chi connectivity index (χ3n) is 4.98. The van der Waals surface area contributed by atoms with Crippen molar-refractivity contribution in [2.24, 2.45) is 0 Å². The molecule has 0 amide bonds. The summed E-state index contributed by atoms with van der Waals surface area (Å²) in [5, 5.41) is 13.6. The van der Waals surface area contributed by atoms with Crippen molar-refractivity contribution < 1.29 is 14.6 Å². The lowest BCUT2D eigenvalue weighted by atomic mass is 9.94. The average Bonchev–Trinajstić information content (AvgIpc) is 2.74. The fraction of sp³-hybridized carbons (Fsp3) is 0.238. The number of piperazine rings is 1. The number of benzene rings is 1. The minimum atomic E-state index is -0.863. The van der Waals surface area contributed by atoms with Gasteiger partial charge in [0.1, 0.15) is 6.04 Å². The predicted octanol–water partition coefficient (Wildman–Crippen LogP) is 3.09. The Morgan fingerprint density at radius 3 is 2.68 bits per heavy atom. The van der Waals surface area contributed by atoms with Crippen molar-refractivity contribution in [3.8, 4) is 0 Å². The van der Waals surface area contributed by atoms with Crippen LogP contribution in [0, 0.1) is 0 Å². The van der Waals surface area contributed by atoms with Gasteiger partial charge in [0.25, 0.3) is 0 Å². The first kappa shape index (κ1) is 18.5. The number of nitrogens with one attached hydrogen (secondary N) is 1. The van der Waals surface area contributed by atoms with Crippen LogP contribution < -0.4 is 5.32 Å². The van der Waals surface area contributed by atoms with Gasteiger partial charge in [-0.25, -0.2) is 4.79 Å². The number of allylic oxidation sites excluding steroid dienone is 2. The van der Waals surface area contributed by atoms with Crippen LogP contribution in [0.4, 0.5) is 0 Å². The van der Waals surface area contributed by atoms with E-state index in [1.807, 2.05) is 47.4 Å². The SMILES string of the molecule is O=C(O)C1CNCCN1C1=C(c2ccncc2)C=COC1c1ccc(Cl)cc1. The molecular weight excluding hydrogens is 378 g/mol. The van der Waals surface area contributed by atoms with Crippen LogP contribution in [-0.2, 0) is 9.53 Å². The van der Waals surface area contributed by atoms with Gasteiger partial charge >= 0.3 is 5.97 Å². The highest BCUT2D eigenvalue weighted by Crippen LogP contribution is 2.39. The number of aromatic nitrogens is 1. The third-order valence-corrected chi connectivity index (χ3v) is 5.23. The molecule has 4 rings (SSSR count). The van der Waals surface area contributed by atoms with Crippen molar-refractivity contribution in [2.45, 2.75) is 12.1 Å². The van der Waals surface area contributed by atoms with Crippen LogP contribution >= 0.6 is 11.6 Å². The summed E-state index contributed by atoms with van der Waals surface area (Å²) in [6, 6.07) is 10.6. The lowest BCUT2D eigenvalue weighted by molar-refractivity contribution is -0.143. The number of carbonyl (C=O) groups is 1. The Bertz CT molecular complexity index is 912. The summed E-state index contributed by atoms with van der Waals surface area (Å²) in [4.78, 5) is 18.0. The van der Waals surface area contributed by atoms with Gasteiger partial charge in [0.15, 0.2) is 6.10 Å². The Morgan fingerprint density at radius 2 is 1.96 bits per heavy atom. The molecule has 28 heavy (non-hydrogen) atoms. The molecule has 0 bridgehead atoms. The molecule has 1 aromatic carbocycles. The molecule has 2 unspecified atom stereocenters. The third kappa shape index (κ3) is 3.61. The lowest BCUT2D eigenvalue weighted by Crippen LogP contribution is -2.55. The number of hydrogen-bond donors (Lipinski definition) is 2. The number of halogens is 1. The molecule has 2 atom stereocenters. The zero-order valence-electron chi connectivity index (χ0n) is 15.1. The number of hydrogen-bond acceptors (Lipinski definition) is 5. The van der Waals surface area contributed by atoms with E-state index in [1.165, 1.54) is 0 Å². The van der Waals surface area contributed by atoms with E-state index in [0.717, 1.165) is 22.4 Å². The normalized spacial score (nSPS) is 22.1. The van der Waals surface area contributed by atoms with Gasteiger partial charge in [-0.3, -0.25) is 4.98 Å². The average molecular weight is 398 g/mol. The van der Waals surface area contributed by atoms with E-state index < -0.39 is 18.1 Å². The largest absolute Gasteiger partial charge is 0.487 e. The zero-order chi connectivity index (χ0) is 19.5. The summed E-state index contributed by atoms with van der Waals surface area (Å²) < 4.78 is 6.00. The lowest BCUT2D eigenvalue weighted by Gasteiger charge is -2.41. The summed E-state index contributed by atoms with van der Waals surface area (Å²) in [7, 11) is 0. The topological polar surface area (TPSA) is 74.7 Å². The van der Waals surface area contributed by atoms with E-state index in [9.17, 15) is 9.90 Å². The number of rotatable bonds is 4. The molecule has 1 aromatic heterocycles. The molecule has 1 saturated heterocycles. The molecule has 2 aliphatic heterocycles. The van der Waals surface area contributed by atoms with Crippen molar-refractivity contribution in [1.82, 2.24) is 15.2 Å². The Hall–Kier alpha value is -2.83. The highest BCUT2D eigenvalue weighted by atomic mass is 35.5. The van der Waals surface area contributed by atoms with Crippen LogP contribution in [0.25, 0.3) is 5.57 Å². The van der Waals surface area contributed by atoms with Crippen molar-refractivity contribution in [3.05, 3.63) is 83.0 Å². The Balaban J connectivity index is 1.87. The summed E-state index contributed by atoms with van der Waals surface area (Å²) in [5.41, 5.74) is 3.65. The van der Waals surface area contributed by atoms with Crippen molar-refractivity contribution in [3.63, 3.8) is 0 Å². The highest BCUT2D eigenvalue weighted by Gasteiger charge is 2.36. The molecule has 6 nitrogen and oxygen atoms in total. The molecule has 2 aliphatic rings. The Morgan fingerprint density at radius 1 is 1.21 bits per heavy atom. The predicted molar refractivity (Wildman–Crippen MR) is 107 cm³/mol. The van der Waals surface area contributed by atoms with Crippen LogP contribution in [0.5, 0.6) is 0 Å². The van der Waals surface area contributed by atoms with Crippen LogP contribution in [0.15, 0.2) is 66.8 Å². The minimum Gasteiger partial charge on any atom is -0.487 e. The van der Waals surface area contributed by atoms with E-state index in [2.05, 4.69) is 10.3 Å². The van der Waals surface area contributed by atoms with Crippen molar-refractivity contribution in [2.75, 3.05) is 19.6 Å².